The van der Waals surface area contributed by atoms with Crippen LogP contribution in [0.3, 0.4) is 0 Å². The molecule has 0 saturated carbocycles. The maximum Gasteiger partial charge on any atom is 0.243 e. The second-order valence-electron chi connectivity index (χ2n) is 1.92. The Balaban J connectivity index is 3.01. The number of ether oxygens (including phenoxy) is 2. The summed E-state index contributed by atoms with van der Waals surface area (Å²) in [4.78, 5) is 7.74. The van der Waals surface area contributed by atoms with Crippen LogP contribution < -0.4 is 20.7 Å². The summed E-state index contributed by atoms with van der Waals surface area (Å²) < 4.78 is 9.75. The number of hydrogen-bond donors (Lipinski definition) is 2. The molecule has 1 aromatic rings. The van der Waals surface area contributed by atoms with E-state index in [4.69, 9.17) is 15.3 Å². The Morgan fingerprint density at radius 1 is 1.25 bits per heavy atom. The average molecular weight is 170 g/mol. The Hall–Kier alpha value is -1.56. The molecule has 0 aliphatic carbocycles. The molecule has 0 atom stereocenters. The van der Waals surface area contributed by atoms with E-state index in [1.165, 1.54) is 14.2 Å². The van der Waals surface area contributed by atoms with Crippen LogP contribution in [0.2, 0.25) is 0 Å². The molecule has 1 aromatic heterocycles. The molecule has 0 aromatic carbocycles. The molecule has 12 heavy (non-hydrogen) atoms. The highest BCUT2D eigenvalue weighted by molar-refractivity contribution is 5.32. The van der Waals surface area contributed by atoms with E-state index in [0.717, 1.165) is 0 Å². The lowest BCUT2D eigenvalue weighted by Gasteiger charge is -2.04. The highest BCUT2D eigenvalue weighted by atomic mass is 16.5. The minimum atomic E-state index is 0.256. The molecule has 1 heterocycles. The van der Waals surface area contributed by atoms with Crippen LogP contribution in [0.4, 0.5) is 5.95 Å². The van der Waals surface area contributed by atoms with Gasteiger partial charge in [-0.3, -0.25) is 5.43 Å². The van der Waals surface area contributed by atoms with Crippen LogP contribution in [-0.4, -0.2) is 24.2 Å². The van der Waals surface area contributed by atoms with Crippen LogP contribution in [0.1, 0.15) is 0 Å². The minimum absolute atomic E-state index is 0.256. The van der Waals surface area contributed by atoms with Crippen molar-refractivity contribution in [2.45, 2.75) is 0 Å². The van der Waals surface area contributed by atoms with Gasteiger partial charge in [-0.2, -0.15) is 9.97 Å². The first-order chi connectivity index (χ1) is 5.80. The summed E-state index contributed by atoms with van der Waals surface area (Å²) in [7, 11) is 3.00. The third-order valence-corrected chi connectivity index (χ3v) is 1.23. The second-order valence-corrected chi connectivity index (χ2v) is 1.92. The Kier molecular flexibility index (Phi) is 2.65. The number of nitrogens with two attached hydrogens (primary N) is 1. The smallest absolute Gasteiger partial charge is 0.243 e. The van der Waals surface area contributed by atoms with Gasteiger partial charge in [0, 0.05) is 0 Å². The van der Waals surface area contributed by atoms with Crippen molar-refractivity contribution in [2.75, 3.05) is 19.6 Å². The van der Waals surface area contributed by atoms with E-state index >= 15 is 0 Å². The van der Waals surface area contributed by atoms with Gasteiger partial charge in [-0.05, 0) is 0 Å². The van der Waals surface area contributed by atoms with Gasteiger partial charge in [-0.25, -0.2) is 5.84 Å². The number of anilines is 1. The van der Waals surface area contributed by atoms with E-state index in [2.05, 4.69) is 15.4 Å². The zero-order valence-electron chi connectivity index (χ0n) is 6.87. The molecule has 0 spiro atoms. The number of nitrogens with one attached hydrogen (secondary N) is 1. The molecule has 0 radical (unpaired) electrons. The lowest BCUT2D eigenvalue weighted by molar-refractivity contribution is 0.373. The summed E-state index contributed by atoms with van der Waals surface area (Å²) in [5.74, 6) is 6.16. The molecular weight excluding hydrogens is 160 g/mol. The van der Waals surface area contributed by atoms with Crippen molar-refractivity contribution in [1.29, 1.82) is 0 Å². The van der Waals surface area contributed by atoms with Crippen molar-refractivity contribution in [1.82, 2.24) is 9.97 Å². The van der Waals surface area contributed by atoms with Gasteiger partial charge in [0.2, 0.25) is 17.7 Å². The van der Waals surface area contributed by atoms with Crippen molar-refractivity contribution in [3.63, 3.8) is 0 Å². The molecule has 6 nitrogen and oxygen atoms in total. The Labute approximate surface area is 69.7 Å². The summed E-state index contributed by atoms with van der Waals surface area (Å²) in [6.45, 7) is 0. The van der Waals surface area contributed by atoms with Gasteiger partial charge in [-0.1, -0.05) is 0 Å². The second kappa shape index (κ2) is 3.72. The summed E-state index contributed by atoms with van der Waals surface area (Å²) in [5, 5.41) is 0. The number of rotatable bonds is 3. The Morgan fingerprint density at radius 3 is 2.08 bits per heavy atom. The third-order valence-electron chi connectivity index (χ3n) is 1.23. The first-order valence-corrected chi connectivity index (χ1v) is 3.24. The molecule has 0 fully saturated rings. The van der Waals surface area contributed by atoms with Crippen LogP contribution in [0.25, 0.3) is 0 Å². The van der Waals surface area contributed by atoms with E-state index in [-0.39, 0.29) is 5.95 Å². The number of aromatic nitrogens is 2. The zero-order chi connectivity index (χ0) is 8.97. The number of hydrazine groups is 1. The molecule has 0 amide bonds. The van der Waals surface area contributed by atoms with Gasteiger partial charge in [0.05, 0.1) is 20.3 Å². The van der Waals surface area contributed by atoms with Crippen LogP contribution >= 0.6 is 0 Å². The number of methoxy groups -OCH3 is 2. The first-order valence-electron chi connectivity index (χ1n) is 3.24. The van der Waals surface area contributed by atoms with Gasteiger partial charge < -0.3 is 9.47 Å². The Morgan fingerprint density at radius 2 is 1.75 bits per heavy atom. The van der Waals surface area contributed by atoms with Crippen LogP contribution in [0.15, 0.2) is 6.07 Å². The SMILES string of the molecule is COc1cc(OC)nc(NN)n1. The fourth-order valence-corrected chi connectivity index (χ4v) is 0.678. The average Bonchev–Trinajstić information content (AvgIpc) is 2.16. The number of nitrogen functional groups attached to an aromatic ring is 1. The third kappa shape index (κ3) is 1.73. The molecule has 6 heteroatoms. The molecule has 66 valence electrons. The summed E-state index contributed by atoms with van der Waals surface area (Å²) >= 11 is 0. The highest BCUT2D eigenvalue weighted by Crippen LogP contribution is 2.16. The molecule has 0 bridgehead atoms. The molecule has 0 saturated heterocycles. The van der Waals surface area contributed by atoms with E-state index in [1.807, 2.05) is 0 Å². The maximum absolute atomic E-state index is 5.11. The van der Waals surface area contributed by atoms with Gasteiger partial charge in [0.1, 0.15) is 0 Å². The fraction of sp³-hybridized carbons (Fsp3) is 0.333. The molecular formula is C6H10N4O2. The zero-order valence-corrected chi connectivity index (χ0v) is 6.87. The Bertz CT molecular complexity index is 210. The molecule has 0 aliphatic rings. The number of hydrogen-bond acceptors (Lipinski definition) is 6. The van der Waals surface area contributed by atoms with Crippen molar-refractivity contribution < 1.29 is 9.47 Å². The lowest BCUT2D eigenvalue weighted by Crippen LogP contribution is -2.11. The van der Waals surface area contributed by atoms with E-state index in [0.29, 0.717) is 11.8 Å². The maximum atomic E-state index is 5.11. The molecule has 0 unspecified atom stereocenters. The van der Waals surface area contributed by atoms with Gasteiger partial charge in [0.25, 0.3) is 0 Å². The fourth-order valence-electron chi connectivity index (χ4n) is 0.678. The van der Waals surface area contributed by atoms with E-state index < -0.39 is 0 Å². The predicted octanol–water partition coefficient (Wildman–Crippen LogP) is -0.221. The van der Waals surface area contributed by atoms with Crippen LogP contribution in [-0.2, 0) is 0 Å². The molecule has 0 aliphatic heterocycles. The highest BCUT2D eigenvalue weighted by Gasteiger charge is 2.02. The van der Waals surface area contributed by atoms with Gasteiger partial charge in [-0.15, -0.1) is 0 Å². The monoisotopic (exact) mass is 170 g/mol. The minimum Gasteiger partial charge on any atom is -0.481 e. The summed E-state index contributed by atoms with van der Waals surface area (Å²) in [6.07, 6.45) is 0. The largest absolute Gasteiger partial charge is 0.481 e. The van der Waals surface area contributed by atoms with Crippen molar-refractivity contribution in [3.8, 4) is 11.8 Å². The normalized spacial score (nSPS) is 9.25. The standard InChI is InChI=1S/C6H10N4O2/c1-11-4-3-5(12-2)9-6(8-4)10-7/h3H,7H2,1-2H3,(H,8,9,10). The lowest BCUT2D eigenvalue weighted by atomic mass is 10.6. The summed E-state index contributed by atoms with van der Waals surface area (Å²) in [5.41, 5.74) is 2.29. The van der Waals surface area contributed by atoms with Crippen LogP contribution in [0, 0.1) is 0 Å². The van der Waals surface area contributed by atoms with Gasteiger partial charge >= 0.3 is 0 Å². The van der Waals surface area contributed by atoms with Crippen molar-refractivity contribution in [3.05, 3.63) is 6.07 Å². The van der Waals surface area contributed by atoms with E-state index in [9.17, 15) is 0 Å². The molecule has 3 N–H and O–H groups in total. The van der Waals surface area contributed by atoms with Gasteiger partial charge in [0.15, 0.2) is 0 Å². The van der Waals surface area contributed by atoms with Crippen LogP contribution in [0.5, 0.6) is 11.8 Å². The predicted molar refractivity (Wildman–Crippen MR) is 42.9 cm³/mol. The van der Waals surface area contributed by atoms with E-state index in [1.54, 1.807) is 6.07 Å². The molecule has 1 rings (SSSR count). The topological polar surface area (TPSA) is 82.3 Å². The summed E-state index contributed by atoms with van der Waals surface area (Å²) in [6, 6.07) is 1.56. The van der Waals surface area contributed by atoms with Crippen molar-refractivity contribution >= 4 is 5.95 Å². The quantitative estimate of drug-likeness (QED) is 0.482. The van der Waals surface area contributed by atoms with Crippen molar-refractivity contribution in [2.24, 2.45) is 5.84 Å². The first kappa shape index (κ1) is 8.54. The number of nitrogens with zero attached hydrogens (tertiary/aromatic N) is 2.